The molecule has 0 saturated carbocycles. The summed E-state index contributed by atoms with van der Waals surface area (Å²) in [6.45, 7) is 4.58. The van der Waals surface area contributed by atoms with Gasteiger partial charge in [-0.3, -0.25) is 4.79 Å². The van der Waals surface area contributed by atoms with Gasteiger partial charge in [0.25, 0.3) is 0 Å². The highest BCUT2D eigenvalue weighted by molar-refractivity contribution is 5.90. The van der Waals surface area contributed by atoms with Crippen molar-refractivity contribution in [1.82, 2.24) is 4.90 Å². The van der Waals surface area contributed by atoms with Gasteiger partial charge in [-0.05, 0) is 17.5 Å². The summed E-state index contributed by atoms with van der Waals surface area (Å²) < 4.78 is 5.27. The van der Waals surface area contributed by atoms with E-state index in [0.29, 0.717) is 12.5 Å². The monoisotopic (exact) mass is 246 g/mol. The van der Waals surface area contributed by atoms with Gasteiger partial charge in [0, 0.05) is 19.2 Å². The molecule has 4 nitrogen and oxygen atoms in total. The fourth-order valence-electron chi connectivity index (χ4n) is 1.69. The number of nitriles is 1. The maximum absolute atomic E-state index is 11.3. The molecule has 0 spiro atoms. The van der Waals surface area contributed by atoms with Crippen LogP contribution in [-0.4, -0.2) is 25.0 Å². The molecule has 0 atom stereocenters. The third-order valence-electron chi connectivity index (χ3n) is 2.82. The molecule has 0 aliphatic carbocycles. The lowest BCUT2D eigenvalue weighted by molar-refractivity contribution is -0.124. The summed E-state index contributed by atoms with van der Waals surface area (Å²) in [5, 5.41) is 8.58. The number of amides is 1. The van der Waals surface area contributed by atoms with E-state index >= 15 is 0 Å². The summed E-state index contributed by atoms with van der Waals surface area (Å²) in [5.74, 6) is 0.593. The van der Waals surface area contributed by atoms with E-state index in [1.807, 2.05) is 18.2 Å². The number of carbonyl (C=O) groups excluding carboxylic acids is 1. The first-order valence-electron chi connectivity index (χ1n) is 5.81. The predicted molar refractivity (Wildman–Crippen MR) is 69.2 cm³/mol. The van der Waals surface area contributed by atoms with Crippen LogP contribution in [0, 0.1) is 11.3 Å². The largest absolute Gasteiger partial charge is 0.496 e. The maximum Gasteiger partial charge on any atom is 0.325 e. The van der Waals surface area contributed by atoms with Gasteiger partial charge in [0.2, 0.25) is 0 Å². The van der Waals surface area contributed by atoms with Gasteiger partial charge in [-0.1, -0.05) is 26.0 Å². The van der Waals surface area contributed by atoms with Gasteiger partial charge in [0.1, 0.15) is 5.75 Å². The second-order valence-electron chi connectivity index (χ2n) is 4.50. The standard InChI is InChI=1S/C14H18N2O2/c1-10(2)11-5-6-13(18-4)12(7-11)9-16(3)14(17)8-15/h5-7,10H,9H2,1-4H3. The SMILES string of the molecule is COc1ccc(C(C)C)cc1CN(C)C(=O)C#N. The van der Waals surface area contributed by atoms with Crippen LogP contribution in [0.4, 0.5) is 0 Å². The van der Waals surface area contributed by atoms with E-state index in [1.165, 1.54) is 10.5 Å². The number of nitrogens with zero attached hydrogens (tertiary/aromatic N) is 2. The van der Waals surface area contributed by atoms with E-state index < -0.39 is 5.91 Å². The van der Waals surface area contributed by atoms with Crippen molar-refractivity contribution in [2.24, 2.45) is 0 Å². The van der Waals surface area contributed by atoms with Crippen LogP contribution < -0.4 is 4.74 Å². The van der Waals surface area contributed by atoms with E-state index in [9.17, 15) is 4.79 Å². The van der Waals surface area contributed by atoms with Crippen LogP contribution in [0.5, 0.6) is 5.75 Å². The number of methoxy groups -OCH3 is 1. The summed E-state index contributed by atoms with van der Waals surface area (Å²) in [5.41, 5.74) is 2.10. The highest BCUT2D eigenvalue weighted by Gasteiger charge is 2.12. The molecule has 1 aromatic carbocycles. The zero-order chi connectivity index (χ0) is 13.7. The van der Waals surface area contributed by atoms with Crippen LogP contribution in [0.3, 0.4) is 0 Å². The van der Waals surface area contributed by atoms with Crippen molar-refractivity contribution in [3.05, 3.63) is 29.3 Å². The smallest absolute Gasteiger partial charge is 0.325 e. The third-order valence-corrected chi connectivity index (χ3v) is 2.82. The number of hydrogen-bond acceptors (Lipinski definition) is 3. The van der Waals surface area contributed by atoms with Crippen molar-refractivity contribution in [3.63, 3.8) is 0 Å². The molecule has 0 radical (unpaired) electrons. The average molecular weight is 246 g/mol. The average Bonchev–Trinajstić information content (AvgIpc) is 2.37. The minimum Gasteiger partial charge on any atom is -0.496 e. The first-order chi connectivity index (χ1) is 8.49. The van der Waals surface area contributed by atoms with Crippen molar-refractivity contribution in [2.45, 2.75) is 26.3 Å². The molecular weight excluding hydrogens is 228 g/mol. The zero-order valence-corrected chi connectivity index (χ0v) is 11.2. The van der Waals surface area contributed by atoms with Crippen LogP contribution >= 0.6 is 0 Å². The van der Waals surface area contributed by atoms with Crippen molar-refractivity contribution >= 4 is 5.91 Å². The summed E-state index contributed by atoms with van der Waals surface area (Å²) in [7, 11) is 3.20. The van der Waals surface area contributed by atoms with Crippen LogP contribution in [0.15, 0.2) is 18.2 Å². The summed E-state index contributed by atoms with van der Waals surface area (Å²) in [6.07, 6.45) is 0. The van der Waals surface area contributed by atoms with Crippen molar-refractivity contribution in [1.29, 1.82) is 5.26 Å². The Balaban J connectivity index is 3.02. The van der Waals surface area contributed by atoms with Crippen LogP contribution in [0.2, 0.25) is 0 Å². The molecule has 1 amide bonds. The van der Waals surface area contributed by atoms with Gasteiger partial charge in [0.15, 0.2) is 6.07 Å². The molecule has 1 aromatic rings. The Labute approximate surface area is 108 Å². The summed E-state index contributed by atoms with van der Waals surface area (Å²) >= 11 is 0. The molecular formula is C14H18N2O2. The third kappa shape index (κ3) is 3.24. The minimum absolute atomic E-state index is 0.371. The molecule has 0 saturated heterocycles. The molecule has 18 heavy (non-hydrogen) atoms. The quantitative estimate of drug-likeness (QED) is 0.766. The molecule has 96 valence electrons. The second-order valence-corrected chi connectivity index (χ2v) is 4.50. The predicted octanol–water partition coefficient (Wildman–Crippen LogP) is 2.30. The Morgan fingerprint density at radius 3 is 2.67 bits per heavy atom. The highest BCUT2D eigenvalue weighted by Crippen LogP contribution is 2.25. The number of benzene rings is 1. The molecule has 0 aliphatic heterocycles. The lowest BCUT2D eigenvalue weighted by atomic mass is 10.00. The Morgan fingerprint density at radius 2 is 2.17 bits per heavy atom. The van der Waals surface area contributed by atoms with Crippen molar-refractivity contribution in [2.75, 3.05) is 14.2 Å². The van der Waals surface area contributed by atoms with E-state index in [1.54, 1.807) is 20.2 Å². The molecule has 0 aromatic heterocycles. The van der Waals surface area contributed by atoms with Gasteiger partial charge >= 0.3 is 5.91 Å². The second kappa shape index (κ2) is 6.06. The van der Waals surface area contributed by atoms with Gasteiger partial charge in [0.05, 0.1) is 7.11 Å². The lowest BCUT2D eigenvalue weighted by Crippen LogP contribution is -2.24. The molecule has 0 bridgehead atoms. The van der Waals surface area contributed by atoms with Crippen molar-refractivity contribution < 1.29 is 9.53 Å². The number of hydrogen-bond donors (Lipinski definition) is 0. The number of rotatable bonds is 4. The minimum atomic E-state index is -0.549. The van der Waals surface area contributed by atoms with Crippen LogP contribution in [0.25, 0.3) is 0 Å². The fraction of sp³-hybridized carbons (Fsp3) is 0.429. The molecule has 0 N–H and O–H groups in total. The lowest BCUT2D eigenvalue weighted by Gasteiger charge is -2.17. The van der Waals surface area contributed by atoms with Crippen LogP contribution in [0.1, 0.15) is 30.9 Å². The topological polar surface area (TPSA) is 53.3 Å². The van der Waals surface area contributed by atoms with E-state index in [2.05, 4.69) is 13.8 Å². The molecule has 0 aliphatic rings. The first-order valence-corrected chi connectivity index (χ1v) is 5.81. The molecule has 1 rings (SSSR count). The Bertz CT molecular complexity index is 475. The fourth-order valence-corrected chi connectivity index (χ4v) is 1.69. The maximum atomic E-state index is 11.3. The van der Waals surface area contributed by atoms with E-state index in [-0.39, 0.29) is 0 Å². The van der Waals surface area contributed by atoms with Gasteiger partial charge in [-0.2, -0.15) is 5.26 Å². The summed E-state index contributed by atoms with van der Waals surface area (Å²) in [6, 6.07) is 7.54. The van der Waals surface area contributed by atoms with Crippen molar-refractivity contribution in [3.8, 4) is 11.8 Å². The molecule has 4 heteroatoms. The highest BCUT2D eigenvalue weighted by atomic mass is 16.5. The Kier molecular flexibility index (Phi) is 4.73. The Hall–Kier alpha value is -2.02. The number of carbonyl (C=O) groups is 1. The first kappa shape index (κ1) is 14.0. The normalized spacial score (nSPS) is 10.0. The van der Waals surface area contributed by atoms with Crippen LogP contribution in [-0.2, 0) is 11.3 Å². The molecule has 0 fully saturated rings. The summed E-state index contributed by atoms with van der Waals surface area (Å²) in [4.78, 5) is 12.6. The van der Waals surface area contributed by atoms with Gasteiger partial charge in [-0.25, -0.2) is 0 Å². The van der Waals surface area contributed by atoms with Gasteiger partial charge < -0.3 is 9.64 Å². The zero-order valence-electron chi connectivity index (χ0n) is 11.2. The van der Waals surface area contributed by atoms with E-state index in [0.717, 1.165) is 11.3 Å². The molecule has 0 unspecified atom stereocenters. The van der Waals surface area contributed by atoms with Gasteiger partial charge in [-0.15, -0.1) is 0 Å². The number of ether oxygens (including phenoxy) is 1. The van der Waals surface area contributed by atoms with E-state index in [4.69, 9.17) is 10.00 Å². The molecule has 0 heterocycles. The Morgan fingerprint density at radius 1 is 1.50 bits per heavy atom.